The maximum atomic E-state index is 5.75. The van der Waals surface area contributed by atoms with E-state index in [0.29, 0.717) is 5.92 Å². The van der Waals surface area contributed by atoms with Crippen LogP contribution in [0.15, 0.2) is 24.3 Å². The summed E-state index contributed by atoms with van der Waals surface area (Å²) in [4.78, 5) is 0. The molecule has 72 valence electrons. The first-order valence-electron chi connectivity index (χ1n) is 4.94. The number of rotatable bonds is 3. The maximum Gasteiger partial charge on any atom is 0.00509 e. The summed E-state index contributed by atoms with van der Waals surface area (Å²) in [7, 11) is 0. The number of nitrogens with two attached hydrogens (primary N) is 1. The van der Waals surface area contributed by atoms with Crippen molar-refractivity contribution in [3.63, 3.8) is 0 Å². The Bertz CT molecular complexity index is 264. The van der Waals surface area contributed by atoms with Gasteiger partial charge in [0.1, 0.15) is 0 Å². The molecule has 0 aromatic heterocycles. The monoisotopic (exact) mass is 177 g/mol. The summed E-state index contributed by atoms with van der Waals surface area (Å²) in [5.41, 5.74) is 8.50. The summed E-state index contributed by atoms with van der Waals surface area (Å²) >= 11 is 0. The molecule has 1 nitrogen and oxygen atoms in total. The van der Waals surface area contributed by atoms with Crippen molar-refractivity contribution in [1.82, 2.24) is 0 Å². The second kappa shape index (κ2) is 4.43. The minimum absolute atomic E-state index is 0.252. The van der Waals surface area contributed by atoms with Crippen molar-refractivity contribution >= 4 is 0 Å². The maximum absolute atomic E-state index is 5.75. The van der Waals surface area contributed by atoms with Crippen LogP contribution in [0.25, 0.3) is 0 Å². The Morgan fingerprint density at radius 3 is 2.46 bits per heavy atom. The van der Waals surface area contributed by atoms with E-state index < -0.39 is 0 Å². The molecule has 0 heterocycles. The van der Waals surface area contributed by atoms with Crippen molar-refractivity contribution < 1.29 is 0 Å². The number of hydrogen-bond donors (Lipinski definition) is 1. The predicted molar refractivity (Wildman–Crippen MR) is 57.9 cm³/mol. The molecule has 0 aliphatic heterocycles. The molecule has 0 spiro atoms. The van der Waals surface area contributed by atoms with Crippen LogP contribution in [0.1, 0.15) is 37.8 Å². The fourth-order valence-electron chi connectivity index (χ4n) is 1.45. The molecule has 0 fully saturated rings. The third-order valence-electron chi connectivity index (χ3n) is 2.18. The molecule has 0 aliphatic rings. The van der Waals surface area contributed by atoms with E-state index in [1.165, 1.54) is 11.1 Å². The number of benzene rings is 1. The summed E-state index contributed by atoms with van der Waals surface area (Å²) in [5, 5.41) is 0. The normalized spacial score (nSPS) is 13.3. The first-order chi connectivity index (χ1) is 6.09. The summed E-state index contributed by atoms with van der Waals surface area (Å²) < 4.78 is 0. The summed E-state index contributed by atoms with van der Waals surface area (Å²) in [6.07, 6.45) is 0.973. The van der Waals surface area contributed by atoms with Gasteiger partial charge in [-0.3, -0.25) is 0 Å². The zero-order chi connectivity index (χ0) is 9.84. The standard InChI is InChI=1S/C12H19N/c1-9(2)12-6-4-5-11(8-12)7-10(3)13/h4-6,8-10H,7,13H2,1-3H3/t10-/m0/s1. The second-order valence-corrected chi connectivity index (χ2v) is 4.08. The van der Waals surface area contributed by atoms with Gasteiger partial charge in [-0.2, -0.15) is 0 Å². The van der Waals surface area contributed by atoms with Crippen LogP contribution in [0, 0.1) is 0 Å². The van der Waals surface area contributed by atoms with Crippen LogP contribution in [0.4, 0.5) is 0 Å². The van der Waals surface area contributed by atoms with E-state index in [2.05, 4.69) is 38.1 Å². The zero-order valence-electron chi connectivity index (χ0n) is 8.75. The minimum atomic E-state index is 0.252. The fourth-order valence-corrected chi connectivity index (χ4v) is 1.45. The van der Waals surface area contributed by atoms with E-state index in [0.717, 1.165) is 6.42 Å². The Hall–Kier alpha value is -0.820. The smallest absolute Gasteiger partial charge is 0.00509 e. The minimum Gasteiger partial charge on any atom is -0.328 e. The largest absolute Gasteiger partial charge is 0.328 e. The summed E-state index contributed by atoms with van der Waals surface area (Å²) in [6.45, 7) is 6.47. The molecule has 0 amide bonds. The molecule has 1 rings (SSSR count). The van der Waals surface area contributed by atoms with E-state index in [-0.39, 0.29) is 6.04 Å². The Labute approximate surface area is 81.0 Å². The quantitative estimate of drug-likeness (QED) is 0.754. The molecular formula is C12H19N. The predicted octanol–water partition coefficient (Wildman–Crippen LogP) is 2.70. The zero-order valence-corrected chi connectivity index (χ0v) is 8.75. The molecule has 0 unspecified atom stereocenters. The molecule has 1 heteroatoms. The molecule has 0 saturated carbocycles. The van der Waals surface area contributed by atoms with Crippen molar-refractivity contribution in [2.75, 3.05) is 0 Å². The molecular weight excluding hydrogens is 158 g/mol. The Morgan fingerprint density at radius 1 is 1.23 bits per heavy atom. The van der Waals surface area contributed by atoms with E-state index in [1.807, 2.05) is 6.92 Å². The molecule has 0 saturated heterocycles. The van der Waals surface area contributed by atoms with Gasteiger partial charge in [0.15, 0.2) is 0 Å². The average Bonchev–Trinajstić information content (AvgIpc) is 2.03. The Morgan fingerprint density at radius 2 is 1.92 bits per heavy atom. The first-order valence-corrected chi connectivity index (χ1v) is 4.94. The molecule has 0 radical (unpaired) electrons. The second-order valence-electron chi connectivity index (χ2n) is 4.08. The van der Waals surface area contributed by atoms with Crippen LogP contribution in [0.3, 0.4) is 0 Å². The van der Waals surface area contributed by atoms with Gasteiger partial charge in [0.05, 0.1) is 0 Å². The lowest BCUT2D eigenvalue weighted by molar-refractivity contribution is 0.735. The molecule has 1 atom stereocenters. The van der Waals surface area contributed by atoms with Crippen molar-refractivity contribution in [3.05, 3.63) is 35.4 Å². The SMILES string of the molecule is CC(C)c1cccc(C[C@H](C)N)c1. The van der Waals surface area contributed by atoms with Crippen LogP contribution >= 0.6 is 0 Å². The molecule has 1 aromatic rings. The molecule has 0 bridgehead atoms. The molecule has 0 aliphatic carbocycles. The Kier molecular flexibility index (Phi) is 3.49. The van der Waals surface area contributed by atoms with Gasteiger partial charge < -0.3 is 5.73 Å². The van der Waals surface area contributed by atoms with Gasteiger partial charge in [-0.1, -0.05) is 38.1 Å². The molecule has 1 aromatic carbocycles. The summed E-state index contributed by atoms with van der Waals surface area (Å²) in [6, 6.07) is 8.95. The van der Waals surface area contributed by atoms with Crippen LogP contribution in [0.5, 0.6) is 0 Å². The topological polar surface area (TPSA) is 26.0 Å². The lowest BCUT2D eigenvalue weighted by Gasteiger charge is -2.09. The average molecular weight is 177 g/mol. The molecule has 2 N–H and O–H groups in total. The first kappa shape index (κ1) is 10.3. The van der Waals surface area contributed by atoms with Gasteiger partial charge in [0, 0.05) is 6.04 Å². The van der Waals surface area contributed by atoms with Gasteiger partial charge in [-0.25, -0.2) is 0 Å². The van der Waals surface area contributed by atoms with Crippen molar-refractivity contribution in [3.8, 4) is 0 Å². The highest BCUT2D eigenvalue weighted by atomic mass is 14.6. The van der Waals surface area contributed by atoms with Gasteiger partial charge in [-0.05, 0) is 30.4 Å². The highest BCUT2D eigenvalue weighted by Crippen LogP contribution is 2.16. The third-order valence-corrected chi connectivity index (χ3v) is 2.18. The van der Waals surface area contributed by atoms with Crippen molar-refractivity contribution in [1.29, 1.82) is 0 Å². The van der Waals surface area contributed by atoms with Crippen molar-refractivity contribution in [2.45, 2.75) is 39.2 Å². The van der Waals surface area contributed by atoms with Crippen LogP contribution in [-0.2, 0) is 6.42 Å². The van der Waals surface area contributed by atoms with Crippen LogP contribution in [-0.4, -0.2) is 6.04 Å². The summed E-state index contributed by atoms with van der Waals surface area (Å²) in [5.74, 6) is 0.605. The Balaban J connectivity index is 2.79. The fraction of sp³-hybridized carbons (Fsp3) is 0.500. The lowest BCUT2D eigenvalue weighted by atomic mass is 9.98. The van der Waals surface area contributed by atoms with Crippen LogP contribution in [0.2, 0.25) is 0 Å². The van der Waals surface area contributed by atoms with E-state index >= 15 is 0 Å². The number of hydrogen-bond acceptors (Lipinski definition) is 1. The highest BCUT2D eigenvalue weighted by Gasteiger charge is 2.01. The van der Waals surface area contributed by atoms with Crippen molar-refractivity contribution in [2.24, 2.45) is 5.73 Å². The van der Waals surface area contributed by atoms with Gasteiger partial charge in [0.25, 0.3) is 0 Å². The van der Waals surface area contributed by atoms with E-state index in [4.69, 9.17) is 5.73 Å². The van der Waals surface area contributed by atoms with Gasteiger partial charge in [-0.15, -0.1) is 0 Å². The van der Waals surface area contributed by atoms with Gasteiger partial charge >= 0.3 is 0 Å². The molecule has 13 heavy (non-hydrogen) atoms. The van der Waals surface area contributed by atoms with E-state index in [1.54, 1.807) is 0 Å². The van der Waals surface area contributed by atoms with E-state index in [9.17, 15) is 0 Å². The highest BCUT2D eigenvalue weighted by molar-refractivity contribution is 5.26. The van der Waals surface area contributed by atoms with Crippen LogP contribution < -0.4 is 5.73 Å². The third kappa shape index (κ3) is 3.19. The lowest BCUT2D eigenvalue weighted by Crippen LogP contribution is -2.17. The van der Waals surface area contributed by atoms with Gasteiger partial charge in [0.2, 0.25) is 0 Å².